The van der Waals surface area contributed by atoms with Crippen LogP contribution < -0.4 is 10.1 Å². The third kappa shape index (κ3) is 4.24. The average Bonchev–Trinajstić information content (AvgIpc) is 2.58. The molecular weight excluding hydrogens is 282 g/mol. The van der Waals surface area contributed by atoms with Crippen LogP contribution in [0, 0.1) is 11.3 Å². The normalized spacial score (nSPS) is 15.1. The maximum absolute atomic E-state index is 12.2. The minimum atomic E-state index is -0.274. The van der Waals surface area contributed by atoms with E-state index in [1.807, 2.05) is 37.3 Å². The van der Waals surface area contributed by atoms with Crippen molar-refractivity contribution in [3.63, 3.8) is 0 Å². The molecule has 1 saturated heterocycles. The van der Waals surface area contributed by atoms with Crippen LogP contribution in [0.1, 0.15) is 6.92 Å². The zero-order valence-corrected chi connectivity index (χ0v) is 12.5. The van der Waals surface area contributed by atoms with Crippen molar-refractivity contribution in [2.45, 2.75) is 6.92 Å². The van der Waals surface area contributed by atoms with Gasteiger partial charge in [0, 0.05) is 25.0 Å². The van der Waals surface area contributed by atoms with E-state index in [1.165, 1.54) is 6.20 Å². The summed E-state index contributed by atoms with van der Waals surface area (Å²) in [5.74, 6) is 0.506. The summed E-state index contributed by atoms with van der Waals surface area (Å²) in [5.41, 5.74) is 0.863. The van der Waals surface area contributed by atoms with Gasteiger partial charge in [0.15, 0.2) is 0 Å². The molecule has 1 N–H and O–H groups in total. The number of ether oxygens (including phenoxy) is 2. The Kier molecular flexibility index (Phi) is 5.81. The van der Waals surface area contributed by atoms with Gasteiger partial charge in [0.25, 0.3) is 5.91 Å². The number of anilines is 1. The molecule has 0 aromatic heterocycles. The molecule has 0 spiro atoms. The number of nitrogens with zero attached hydrogens (tertiary/aromatic N) is 2. The number of hydrogen-bond donors (Lipinski definition) is 1. The first-order valence-corrected chi connectivity index (χ1v) is 7.21. The smallest absolute Gasteiger partial charge is 0.266 e. The topological polar surface area (TPSA) is 74.6 Å². The van der Waals surface area contributed by atoms with Crippen molar-refractivity contribution in [3.8, 4) is 11.8 Å². The van der Waals surface area contributed by atoms with Gasteiger partial charge in [-0.2, -0.15) is 5.26 Å². The number of nitriles is 1. The molecule has 6 heteroatoms. The molecule has 0 unspecified atom stereocenters. The Morgan fingerprint density at radius 1 is 1.41 bits per heavy atom. The zero-order valence-electron chi connectivity index (χ0n) is 12.5. The SMILES string of the molecule is CCOc1ccc(N/C=C(/C#N)C(=O)N2CCOCC2)cc1. The van der Waals surface area contributed by atoms with Crippen LogP contribution in [-0.2, 0) is 9.53 Å². The van der Waals surface area contributed by atoms with Gasteiger partial charge in [-0.3, -0.25) is 4.79 Å². The first-order chi connectivity index (χ1) is 10.7. The molecule has 0 atom stereocenters. The summed E-state index contributed by atoms with van der Waals surface area (Å²) in [6.45, 7) is 4.58. The lowest BCUT2D eigenvalue weighted by molar-refractivity contribution is -0.130. The van der Waals surface area contributed by atoms with Crippen molar-refractivity contribution >= 4 is 11.6 Å². The standard InChI is InChI=1S/C16H19N3O3/c1-2-22-15-5-3-14(4-6-15)18-12-13(11-17)16(20)19-7-9-21-10-8-19/h3-6,12,18H,2,7-10H2,1H3/b13-12-. The van der Waals surface area contributed by atoms with E-state index in [4.69, 9.17) is 14.7 Å². The molecule has 1 heterocycles. The highest BCUT2D eigenvalue weighted by atomic mass is 16.5. The van der Waals surface area contributed by atoms with Gasteiger partial charge >= 0.3 is 0 Å². The Morgan fingerprint density at radius 2 is 2.09 bits per heavy atom. The number of hydrogen-bond acceptors (Lipinski definition) is 5. The van der Waals surface area contributed by atoms with E-state index in [0.29, 0.717) is 32.9 Å². The molecule has 1 aromatic carbocycles. The second-order valence-corrected chi connectivity index (χ2v) is 4.68. The van der Waals surface area contributed by atoms with E-state index in [9.17, 15) is 4.79 Å². The molecule has 2 rings (SSSR count). The minimum absolute atomic E-state index is 0.0794. The molecule has 1 aromatic rings. The van der Waals surface area contributed by atoms with Crippen LogP contribution in [0.5, 0.6) is 5.75 Å². The molecule has 6 nitrogen and oxygen atoms in total. The third-order valence-electron chi connectivity index (χ3n) is 3.20. The van der Waals surface area contributed by atoms with Gasteiger partial charge in [0.1, 0.15) is 17.4 Å². The van der Waals surface area contributed by atoms with E-state index in [2.05, 4.69) is 5.32 Å². The van der Waals surface area contributed by atoms with E-state index in [-0.39, 0.29) is 11.5 Å². The van der Waals surface area contributed by atoms with Crippen molar-refractivity contribution in [1.29, 1.82) is 5.26 Å². The van der Waals surface area contributed by atoms with E-state index < -0.39 is 0 Å². The Balaban J connectivity index is 1.99. The van der Waals surface area contributed by atoms with Crippen LogP contribution in [0.15, 0.2) is 36.0 Å². The van der Waals surface area contributed by atoms with E-state index >= 15 is 0 Å². The third-order valence-corrected chi connectivity index (χ3v) is 3.20. The van der Waals surface area contributed by atoms with Crippen LogP contribution >= 0.6 is 0 Å². The molecule has 116 valence electrons. The zero-order chi connectivity index (χ0) is 15.8. The van der Waals surface area contributed by atoms with Gasteiger partial charge in [0.2, 0.25) is 0 Å². The van der Waals surface area contributed by atoms with Crippen molar-refractivity contribution in [2.24, 2.45) is 0 Å². The van der Waals surface area contributed by atoms with Crippen LogP contribution in [-0.4, -0.2) is 43.7 Å². The monoisotopic (exact) mass is 301 g/mol. The van der Waals surface area contributed by atoms with Crippen LogP contribution in [0.2, 0.25) is 0 Å². The Labute approximate surface area is 129 Å². The number of nitrogens with one attached hydrogen (secondary N) is 1. The second-order valence-electron chi connectivity index (χ2n) is 4.68. The summed E-state index contributed by atoms with van der Waals surface area (Å²) in [4.78, 5) is 13.8. The van der Waals surface area contributed by atoms with Crippen LogP contribution in [0.4, 0.5) is 5.69 Å². The maximum atomic E-state index is 12.2. The van der Waals surface area contributed by atoms with Crippen molar-refractivity contribution in [2.75, 3.05) is 38.2 Å². The molecule has 0 saturated carbocycles. The van der Waals surface area contributed by atoms with Crippen LogP contribution in [0.25, 0.3) is 0 Å². The fraction of sp³-hybridized carbons (Fsp3) is 0.375. The van der Waals surface area contributed by atoms with Gasteiger partial charge in [0.05, 0.1) is 19.8 Å². The number of carbonyl (C=O) groups is 1. The summed E-state index contributed by atoms with van der Waals surface area (Å²) in [6, 6.07) is 9.26. The van der Waals surface area contributed by atoms with Gasteiger partial charge in [-0.15, -0.1) is 0 Å². The molecule has 1 fully saturated rings. The minimum Gasteiger partial charge on any atom is -0.494 e. The first kappa shape index (κ1) is 15.9. The fourth-order valence-corrected chi connectivity index (χ4v) is 2.05. The molecule has 1 aliphatic rings. The fourth-order valence-electron chi connectivity index (χ4n) is 2.05. The van der Waals surface area contributed by atoms with Crippen molar-refractivity contribution in [3.05, 3.63) is 36.0 Å². The number of carbonyl (C=O) groups excluding carboxylic acids is 1. The number of rotatable bonds is 5. The Morgan fingerprint density at radius 3 is 2.68 bits per heavy atom. The summed E-state index contributed by atoms with van der Waals surface area (Å²) >= 11 is 0. The van der Waals surface area contributed by atoms with E-state index in [1.54, 1.807) is 4.90 Å². The van der Waals surface area contributed by atoms with Crippen molar-refractivity contribution < 1.29 is 14.3 Å². The number of benzene rings is 1. The summed E-state index contributed by atoms with van der Waals surface area (Å²) < 4.78 is 10.6. The summed E-state index contributed by atoms with van der Waals surface area (Å²) in [6.07, 6.45) is 1.44. The summed E-state index contributed by atoms with van der Waals surface area (Å²) in [5, 5.41) is 12.1. The maximum Gasteiger partial charge on any atom is 0.266 e. The van der Waals surface area contributed by atoms with Gasteiger partial charge in [-0.25, -0.2) is 0 Å². The highest BCUT2D eigenvalue weighted by molar-refractivity contribution is 5.97. The largest absolute Gasteiger partial charge is 0.494 e. The molecule has 1 aliphatic heterocycles. The van der Waals surface area contributed by atoms with Gasteiger partial charge in [-0.05, 0) is 31.2 Å². The molecule has 0 aliphatic carbocycles. The molecule has 22 heavy (non-hydrogen) atoms. The molecular formula is C16H19N3O3. The Hall–Kier alpha value is -2.52. The lowest BCUT2D eigenvalue weighted by Crippen LogP contribution is -2.41. The predicted molar refractivity (Wildman–Crippen MR) is 82.3 cm³/mol. The van der Waals surface area contributed by atoms with Crippen LogP contribution in [0.3, 0.4) is 0 Å². The lowest BCUT2D eigenvalue weighted by atomic mass is 10.2. The lowest BCUT2D eigenvalue weighted by Gasteiger charge is -2.26. The summed E-state index contributed by atoms with van der Waals surface area (Å²) in [7, 11) is 0. The predicted octanol–water partition coefficient (Wildman–Crippen LogP) is 1.76. The quantitative estimate of drug-likeness (QED) is 0.662. The highest BCUT2D eigenvalue weighted by Gasteiger charge is 2.20. The molecule has 0 bridgehead atoms. The number of morpholine rings is 1. The number of amides is 1. The van der Waals surface area contributed by atoms with Gasteiger partial charge in [-0.1, -0.05) is 0 Å². The first-order valence-electron chi connectivity index (χ1n) is 7.21. The van der Waals surface area contributed by atoms with Gasteiger partial charge < -0.3 is 19.7 Å². The average molecular weight is 301 g/mol. The highest BCUT2D eigenvalue weighted by Crippen LogP contribution is 2.16. The molecule has 0 radical (unpaired) electrons. The molecule has 1 amide bonds. The second kappa shape index (κ2) is 8.05. The van der Waals surface area contributed by atoms with E-state index in [0.717, 1.165) is 11.4 Å². The van der Waals surface area contributed by atoms with Crippen molar-refractivity contribution in [1.82, 2.24) is 4.90 Å². The Bertz CT molecular complexity index is 569.